The lowest BCUT2D eigenvalue weighted by Gasteiger charge is -2.52. The first kappa shape index (κ1) is 7.56. The minimum Gasteiger partial charge on any atom is -0.378 e. The van der Waals surface area contributed by atoms with Crippen molar-refractivity contribution in [3.63, 3.8) is 0 Å². The minimum absolute atomic E-state index is 0.479. The summed E-state index contributed by atoms with van der Waals surface area (Å²) in [6, 6.07) is 0. The third-order valence-corrected chi connectivity index (χ3v) is 3.21. The van der Waals surface area contributed by atoms with Crippen molar-refractivity contribution in [2.45, 2.75) is 31.7 Å². The van der Waals surface area contributed by atoms with Crippen molar-refractivity contribution < 1.29 is 4.74 Å². The molecule has 0 amide bonds. The summed E-state index contributed by atoms with van der Waals surface area (Å²) in [5.41, 5.74) is 0.479. The van der Waals surface area contributed by atoms with Crippen LogP contribution in [-0.4, -0.2) is 36.7 Å². The molecular weight excluding hydrogens is 138 g/mol. The fraction of sp³-hybridized carbons (Fsp3) is 1.00. The third-order valence-electron chi connectivity index (χ3n) is 3.21. The number of nitrogens with zero attached hydrogens (tertiary/aromatic N) is 1. The second-order valence-corrected chi connectivity index (χ2v) is 3.71. The van der Waals surface area contributed by atoms with Crippen LogP contribution in [0.25, 0.3) is 0 Å². The third kappa shape index (κ3) is 1.09. The Bertz CT molecular complexity index is 142. The molecule has 0 radical (unpaired) electrons. The number of ether oxygens (including phenoxy) is 1. The van der Waals surface area contributed by atoms with Crippen molar-refractivity contribution >= 4 is 0 Å². The van der Waals surface area contributed by atoms with E-state index in [1.165, 1.54) is 25.8 Å². The van der Waals surface area contributed by atoms with E-state index >= 15 is 0 Å². The zero-order valence-corrected chi connectivity index (χ0v) is 7.31. The van der Waals surface area contributed by atoms with Crippen LogP contribution in [0.2, 0.25) is 0 Å². The van der Waals surface area contributed by atoms with Gasteiger partial charge in [0.05, 0.1) is 13.2 Å². The summed E-state index contributed by atoms with van der Waals surface area (Å²) < 4.78 is 5.52. The smallest absolute Gasteiger partial charge is 0.0651 e. The van der Waals surface area contributed by atoms with Gasteiger partial charge in [-0.2, -0.15) is 0 Å². The lowest BCUT2D eigenvalue weighted by Crippen LogP contribution is -2.60. The van der Waals surface area contributed by atoms with Crippen molar-refractivity contribution in [2.75, 3.05) is 26.3 Å². The number of hydrogen-bond donors (Lipinski definition) is 0. The van der Waals surface area contributed by atoms with Crippen molar-refractivity contribution in [3.8, 4) is 0 Å². The Morgan fingerprint density at radius 2 is 2.27 bits per heavy atom. The quantitative estimate of drug-likeness (QED) is 0.565. The molecule has 1 heterocycles. The Hall–Kier alpha value is -0.0800. The van der Waals surface area contributed by atoms with Crippen LogP contribution in [0.1, 0.15) is 26.2 Å². The van der Waals surface area contributed by atoms with E-state index in [9.17, 15) is 0 Å². The maximum Gasteiger partial charge on any atom is 0.0651 e. The van der Waals surface area contributed by atoms with E-state index in [0.717, 1.165) is 19.8 Å². The van der Waals surface area contributed by atoms with Crippen molar-refractivity contribution in [2.24, 2.45) is 0 Å². The maximum atomic E-state index is 5.52. The highest BCUT2D eigenvalue weighted by Crippen LogP contribution is 2.39. The molecule has 1 aliphatic carbocycles. The molecule has 0 aromatic rings. The summed E-state index contributed by atoms with van der Waals surface area (Å²) in [6.07, 6.45) is 4.13. The van der Waals surface area contributed by atoms with E-state index in [2.05, 4.69) is 11.8 Å². The van der Waals surface area contributed by atoms with Gasteiger partial charge in [-0.25, -0.2) is 0 Å². The van der Waals surface area contributed by atoms with Gasteiger partial charge in [-0.15, -0.1) is 0 Å². The van der Waals surface area contributed by atoms with Gasteiger partial charge in [0, 0.05) is 12.1 Å². The van der Waals surface area contributed by atoms with Crippen LogP contribution in [0, 0.1) is 0 Å². The molecule has 0 aromatic heterocycles. The van der Waals surface area contributed by atoms with Gasteiger partial charge in [-0.3, -0.25) is 4.90 Å². The van der Waals surface area contributed by atoms with E-state index in [1.807, 2.05) is 0 Å². The molecule has 2 aliphatic rings. The van der Waals surface area contributed by atoms with Gasteiger partial charge < -0.3 is 4.74 Å². The Morgan fingerprint density at radius 3 is 2.73 bits per heavy atom. The van der Waals surface area contributed by atoms with E-state index in [4.69, 9.17) is 4.74 Å². The van der Waals surface area contributed by atoms with Crippen molar-refractivity contribution in [3.05, 3.63) is 0 Å². The van der Waals surface area contributed by atoms with Gasteiger partial charge in [-0.1, -0.05) is 6.92 Å². The summed E-state index contributed by atoms with van der Waals surface area (Å²) in [5, 5.41) is 0. The highest BCUT2D eigenvalue weighted by Gasteiger charge is 2.43. The molecule has 1 spiro atoms. The van der Waals surface area contributed by atoms with Crippen LogP contribution >= 0.6 is 0 Å². The largest absolute Gasteiger partial charge is 0.378 e. The van der Waals surface area contributed by atoms with Crippen molar-refractivity contribution in [1.82, 2.24) is 4.90 Å². The molecule has 0 atom stereocenters. The summed E-state index contributed by atoms with van der Waals surface area (Å²) in [6.45, 7) is 6.53. The molecule has 2 rings (SSSR count). The first-order valence-corrected chi connectivity index (χ1v) is 4.70. The molecule has 2 heteroatoms. The summed E-state index contributed by atoms with van der Waals surface area (Å²) >= 11 is 0. The Kier molecular flexibility index (Phi) is 1.90. The summed E-state index contributed by atoms with van der Waals surface area (Å²) in [5.74, 6) is 0. The molecule has 0 bridgehead atoms. The van der Waals surface area contributed by atoms with Gasteiger partial charge in [0.25, 0.3) is 0 Å². The molecule has 11 heavy (non-hydrogen) atoms. The van der Waals surface area contributed by atoms with Gasteiger partial charge in [0.1, 0.15) is 0 Å². The average Bonchev–Trinajstić information content (AvgIpc) is 2.01. The normalized spacial score (nSPS) is 30.3. The number of hydrogen-bond acceptors (Lipinski definition) is 2. The molecule has 1 saturated carbocycles. The zero-order chi connectivity index (χ0) is 7.73. The molecule has 1 aliphatic heterocycles. The van der Waals surface area contributed by atoms with E-state index in [0.29, 0.717) is 5.54 Å². The molecule has 2 fully saturated rings. The molecular formula is C9H17NO. The van der Waals surface area contributed by atoms with Gasteiger partial charge in [-0.05, 0) is 25.8 Å². The highest BCUT2D eigenvalue weighted by atomic mass is 16.5. The predicted octanol–water partition coefficient (Wildman–Crippen LogP) is 1.26. The van der Waals surface area contributed by atoms with Crippen molar-refractivity contribution in [1.29, 1.82) is 0 Å². The predicted molar refractivity (Wildman–Crippen MR) is 44.6 cm³/mol. The van der Waals surface area contributed by atoms with Crippen LogP contribution in [0.15, 0.2) is 0 Å². The van der Waals surface area contributed by atoms with E-state index in [1.54, 1.807) is 0 Å². The molecule has 64 valence electrons. The SMILES string of the molecule is CCN1CCOCC12CCC2. The summed E-state index contributed by atoms with van der Waals surface area (Å²) in [7, 11) is 0. The second-order valence-electron chi connectivity index (χ2n) is 3.71. The van der Waals surface area contributed by atoms with Crippen LogP contribution < -0.4 is 0 Å². The van der Waals surface area contributed by atoms with Crippen LogP contribution in [-0.2, 0) is 4.74 Å². The molecule has 2 nitrogen and oxygen atoms in total. The molecule has 0 aromatic carbocycles. The van der Waals surface area contributed by atoms with Crippen LogP contribution in [0.4, 0.5) is 0 Å². The zero-order valence-electron chi connectivity index (χ0n) is 7.31. The highest BCUT2D eigenvalue weighted by molar-refractivity contribution is 4.99. The molecule has 0 unspecified atom stereocenters. The lowest BCUT2D eigenvalue weighted by molar-refractivity contribution is -0.104. The Morgan fingerprint density at radius 1 is 1.45 bits per heavy atom. The fourth-order valence-corrected chi connectivity index (χ4v) is 2.30. The van der Waals surface area contributed by atoms with Gasteiger partial charge >= 0.3 is 0 Å². The monoisotopic (exact) mass is 155 g/mol. The molecule has 1 saturated heterocycles. The number of rotatable bonds is 1. The number of likely N-dealkylation sites (N-methyl/N-ethyl adjacent to an activating group) is 1. The summed E-state index contributed by atoms with van der Waals surface area (Å²) in [4.78, 5) is 2.60. The fourth-order valence-electron chi connectivity index (χ4n) is 2.30. The Labute approximate surface area is 68.5 Å². The Balaban J connectivity index is 2.02. The number of morpholine rings is 1. The first-order chi connectivity index (χ1) is 5.37. The minimum atomic E-state index is 0.479. The topological polar surface area (TPSA) is 12.5 Å². The standard InChI is InChI=1S/C9H17NO/c1-2-10-6-7-11-8-9(10)4-3-5-9/h2-8H2,1H3. The van der Waals surface area contributed by atoms with Crippen LogP contribution in [0.5, 0.6) is 0 Å². The molecule has 0 N–H and O–H groups in total. The second kappa shape index (κ2) is 2.76. The lowest BCUT2D eigenvalue weighted by atomic mass is 9.75. The van der Waals surface area contributed by atoms with Crippen LogP contribution in [0.3, 0.4) is 0 Å². The van der Waals surface area contributed by atoms with E-state index in [-0.39, 0.29) is 0 Å². The first-order valence-electron chi connectivity index (χ1n) is 4.70. The van der Waals surface area contributed by atoms with Gasteiger partial charge in [0.15, 0.2) is 0 Å². The average molecular weight is 155 g/mol. The van der Waals surface area contributed by atoms with E-state index < -0.39 is 0 Å². The maximum absolute atomic E-state index is 5.52. The van der Waals surface area contributed by atoms with Gasteiger partial charge in [0.2, 0.25) is 0 Å².